The Labute approximate surface area is 107 Å². The van der Waals surface area contributed by atoms with Crippen LogP contribution in [0.4, 0.5) is 4.79 Å². The van der Waals surface area contributed by atoms with Gasteiger partial charge in [-0.3, -0.25) is 4.79 Å². The fourth-order valence-electron chi connectivity index (χ4n) is 1.97. The van der Waals surface area contributed by atoms with Crippen molar-refractivity contribution < 1.29 is 19.4 Å². The summed E-state index contributed by atoms with van der Waals surface area (Å²) in [7, 11) is 0. The molecule has 6 heteroatoms. The number of carbonyl (C=O) groups is 2. The number of hydrogen-bond acceptors (Lipinski definition) is 3. The quantitative estimate of drug-likeness (QED) is 0.597. The van der Waals surface area contributed by atoms with Crippen LogP contribution in [0, 0.1) is 0 Å². The average Bonchev–Trinajstić information content (AvgIpc) is 2.35. The van der Waals surface area contributed by atoms with Crippen LogP contribution in [-0.2, 0) is 9.53 Å². The largest absolute Gasteiger partial charge is 0.481 e. The molecule has 0 aliphatic heterocycles. The summed E-state index contributed by atoms with van der Waals surface area (Å²) in [6.45, 7) is 1.11. The fourth-order valence-corrected chi connectivity index (χ4v) is 1.97. The predicted octanol–water partition coefficient (Wildman–Crippen LogP) is 1.11. The van der Waals surface area contributed by atoms with Gasteiger partial charge in [-0.1, -0.05) is 19.3 Å². The van der Waals surface area contributed by atoms with Gasteiger partial charge in [0.1, 0.15) is 0 Å². The van der Waals surface area contributed by atoms with E-state index in [9.17, 15) is 9.59 Å². The molecule has 6 nitrogen and oxygen atoms in total. The molecule has 18 heavy (non-hydrogen) atoms. The summed E-state index contributed by atoms with van der Waals surface area (Å²) in [6.07, 6.45) is 6.27. The van der Waals surface area contributed by atoms with Gasteiger partial charge in [-0.2, -0.15) is 0 Å². The second-order valence-electron chi connectivity index (χ2n) is 4.46. The minimum atomic E-state index is -0.920. The molecule has 1 aliphatic rings. The smallest absolute Gasteiger partial charge is 0.314 e. The van der Waals surface area contributed by atoms with Crippen molar-refractivity contribution >= 4 is 12.0 Å². The van der Waals surface area contributed by atoms with Crippen LogP contribution in [0.2, 0.25) is 0 Å². The lowest BCUT2D eigenvalue weighted by Gasteiger charge is -2.21. The van der Waals surface area contributed by atoms with E-state index < -0.39 is 5.97 Å². The lowest BCUT2D eigenvalue weighted by molar-refractivity contribution is -0.136. The van der Waals surface area contributed by atoms with Gasteiger partial charge >= 0.3 is 12.0 Å². The number of carboxylic acid groups (broad SMARTS) is 1. The molecule has 2 amide bonds. The third-order valence-corrected chi connectivity index (χ3v) is 2.92. The molecule has 0 aromatic rings. The van der Waals surface area contributed by atoms with Gasteiger partial charge in [0, 0.05) is 13.1 Å². The highest BCUT2D eigenvalue weighted by Gasteiger charge is 2.13. The molecular formula is C12H22N2O4. The molecule has 0 saturated heterocycles. The first-order valence-corrected chi connectivity index (χ1v) is 6.53. The second kappa shape index (κ2) is 8.74. The first-order chi connectivity index (χ1) is 8.68. The van der Waals surface area contributed by atoms with Gasteiger partial charge in [0.2, 0.25) is 0 Å². The molecule has 104 valence electrons. The number of rotatable bonds is 7. The van der Waals surface area contributed by atoms with Crippen molar-refractivity contribution in [2.24, 2.45) is 0 Å². The van der Waals surface area contributed by atoms with Crippen LogP contribution in [0.5, 0.6) is 0 Å². The van der Waals surface area contributed by atoms with Crippen LogP contribution in [0.1, 0.15) is 38.5 Å². The van der Waals surface area contributed by atoms with Crippen molar-refractivity contribution in [3.05, 3.63) is 0 Å². The Morgan fingerprint density at radius 1 is 1.11 bits per heavy atom. The maximum absolute atomic E-state index is 11.2. The van der Waals surface area contributed by atoms with Gasteiger partial charge in [0.25, 0.3) is 0 Å². The number of hydrogen-bond donors (Lipinski definition) is 3. The molecule has 0 aromatic carbocycles. The molecule has 0 radical (unpaired) electrons. The van der Waals surface area contributed by atoms with E-state index in [1.807, 2.05) is 0 Å². The van der Waals surface area contributed by atoms with E-state index >= 15 is 0 Å². The fraction of sp³-hybridized carbons (Fsp3) is 0.833. The van der Waals surface area contributed by atoms with Crippen LogP contribution in [0.3, 0.4) is 0 Å². The van der Waals surface area contributed by atoms with E-state index in [0.717, 1.165) is 12.8 Å². The SMILES string of the molecule is O=C(O)CCNC(=O)NCCOC1CCCCC1. The van der Waals surface area contributed by atoms with Crippen LogP contribution in [0.25, 0.3) is 0 Å². The highest BCUT2D eigenvalue weighted by molar-refractivity contribution is 5.74. The van der Waals surface area contributed by atoms with Crippen LogP contribution in [0.15, 0.2) is 0 Å². The third-order valence-electron chi connectivity index (χ3n) is 2.92. The Balaban J connectivity index is 1.93. The lowest BCUT2D eigenvalue weighted by Crippen LogP contribution is -2.38. The molecule has 3 N–H and O–H groups in total. The van der Waals surface area contributed by atoms with Gasteiger partial charge in [0.15, 0.2) is 0 Å². The summed E-state index contributed by atoms with van der Waals surface area (Å²) in [6, 6.07) is -0.344. The van der Waals surface area contributed by atoms with E-state index in [4.69, 9.17) is 9.84 Å². The highest BCUT2D eigenvalue weighted by atomic mass is 16.5. The summed E-state index contributed by atoms with van der Waals surface area (Å²) < 4.78 is 5.64. The minimum Gasteiger partial charge on any atom is -0.481 e. The Morgan fingerprint density at radius 3 is 2.44 bits per heavy atom. The van der Waals surface area contributed by atoms with Gasteiger partial charge in [-0.05, 0) is 12.8 Å². The third kappa shape index (κ3) is 7.11. The van der Waals surface area contributed by atoms with E-state index in [-0.39, 0.29) is 19.0 Å². The van der Waals surface area contributed by atoms with Gasteiger partial charge in [-0.15, -0.1) is 0 Å². The van der Waals surface area contributed by atoms with Gasteiger partial charge in [-0.25, -0.2) is 4.79 Å². The molecule has 1 rings (SSSR count). The van der Waals surface area contributed by atoms with Crippen molar-refractivity contribution in [3.63, 3.8) is 0 Å². The van der Waals surface area contributed by atoms with Crippen molar-refractivity contribution in [3.8, 4) is 0 Å². The van der Waals surface area contributed by atoms with Crippen LogP contribution in [-0.4, -0.2) is 42.9 Å². The summed E-state index contributed by atoms with van der Waals surface area (Å²) in [5.74, 6) is -0.920. The monoisotopic (exact) mass is 258 g/mol. The van der Waals surface area contributed by atoms with Crippen molar-refractivity contribution in [1.82, 2.24) is 10.6 Å². The van der Waals surface area contributed by atoms with Crippen LogP contribution >= 0.6 is 0 Å². The standard InChI is InChI=1S/C12H22N2O4/c15-11(16)6-7-13-12(17)14-8-9-18-10-4-2-1-3-5-10/h10H,1-9H2,(H,15,16)(H2,13,14,17). The molecule has 0 unspecified atom stereocenters. The van der Waals surface area contributed by atoms with Gasteiger partial charge < -0.3 is 20.5 Å². The summed E-state index contributed by atoms with van der Waals surface area (Å²) in [5.41, 5.74) is 0. The molecule has 0 aromatic heterocycles. The number of carbonyl (C=O) groups excluding carboxylic acids is 1. The molecule has 0 bridgehead atoms. The van der Waals surface area contributed by atoms with Crippen molar-refractivity contribution in [1.29, 1.82) is 0 Å². The zero-order chi connectivity index (χ0) is 13.2. The minimum absolute atomic E-state index is 0.0635. The second-order valence-corrected chi connectivity index (χ2v) is 4.46. The number of aliphatic carboxylic acids is 1. The Bertz CT molecular complexity index is 265. The summed E-state index contributed by atoms with van der Waals surface area (Å²) in [4.78, 5) is 21.4. The van der Waals surface area contributed by atoms with E-state index in [2.05, 4.69) is 10.6 Å². The Kier molecular flexibility index (Phi) is 7.17. The Hall–Kier alpha value is -1.30. The van der Waals surface area contributed by atoms with Gasteiger partial charge in [0.05, 0.1) is 19.1 Å². The van der Waals surface area contributed by atoms with Crippen molar-refractivity contribution in [2.75, 3.05) is 19.7 Å². The van der Waals surface area contributed by atoms with E-state index in [1.54, 1.807) is 0 Å². The number of nitrogens with one attached hydrogen (secondary N) is 2. The summed E-state index contributed by atoms with van der Waals surface area (Å²) in [5, 5.41) is 13.5. The molecule has 1 aliphatic carbocycles. The summed E-state index contributed by atoms with van der Waals surface area (Å²) >= 11 is 0. The van der Waals surface area contributed by atoms with Crippen LogP contribution < -0.4 is 10.6 Å². The highest BCUT2D eigenvalue weighted by Crippen LogP contribution is 2.19. The topological polar surface area (TPSA) is 87.7 Å². The lowest BCUT2D eigenvalue weighted by atomic mass is 9.98. The molecular weight excluding hydrogens is 236 g/mol. The number of ether oxygens (including phenoxy) is 1. The van der Waals surface area contributed by atoms with E-state index in [0.29, 0.717) is 19.3 Å². The molecule has 1 fully saturated rings. The number of amides is 2. The Morgan fingerprint density at radius 2 is 1.78 bits per heavy atom. The zero-order valence-electron chi connectivity index (χ0n) is 10.6. The first-order valence-electron chi connectivity index (χ1n) is 6.53. The normalized spacial score (nSPS) is 16.2. The first kappa shape index (κ1) is 14.8. The average molecular weight is 258 g/mol. The molecule has 0 spiro atoms. The predicted molar refractivity (Wildman–Crippen MR) is 66.5 cm³/mol. The number of carboxylic acids is 1. The van der Waals surface area contributed by atoms with Crippen molar-refractivity contribution in [2.45, 2.75) is 44.6 Å². The molecule has 0 heterocycles. The maximum atomic E-state index is 11.2. The number of urea groups is 1. The van der Waals surface area contributed by atoms with E-state index in [1.165, 1.54) is 19.3 Å². The maximum Gasteiger partial charge on any atom is 0.314 e. The zero-order valence-corrected chi connectivity index (χ0v) is 10.6. The molecule has 0 atom stereocenters. The molecule has 1 saturated carbocycles.